The number of aromatic nitrogens is 1. The summed E-state index contributed by atoms with van der Waals surface area (Å²) in [7, 11) is 1.66. The molecule has 0 saturated carbocycles. The number of methoxy groups -OCH3 is 1. The normalized spacial score (nSPS) is 10.1. The average Bonchev–Trinajstić information content (AvgIpc) is 2.58. The molecular weight excluding hydrogens is 278 g/mol. The Morgan fingerprint density at radius 2 is 2.05 bits per heavy atom. The summed E-state index contributed by atoms with van der Waals surface area (Å²) in [4.78, 5) is 15.9. The van der Waals surface area contributed by atoms with Gasteiger partial charge in [0, 0.05) is 18.7 Å². The summed E-state index contributed by atoms with van der Waals surface area (Å²) in [6.45, 7) is 3.31. The number of nitrogens with one attached hydrogen (secondary N) is 2. The molecule has 0 unspecified atom stereocenters. The van der Waals surface area contributed by atoms with E-state index in [1.165, 1.54) is 0 Å². The van der Waals surface area contributed by atoms with Gasteiger partial charge in [-0.2, -0.15) is 0 Å². The molecule has 0 fully saturated rings. The van der Waals surface area contributed by atoms with Crippen molar-refractivity contribution in [2.45, 2.75) is 19.9 Å². The van der Waals surface area contributed by atoms with Crippen molar-refractivity contribution < 1.29 is 9.53 Å². The summed E-state index contributed by atoms with van der Waals surface area (Å²) < 4.78 is 5.31. The zero-order valence-electron chi connectivity index (χ0n) is 12.9. The average molecular weight is 299 g/mol. The van der Waals surface area contributed by atoms with Gasteiger partial charge in [0.2, 0.25) is 0 Å². The third-order valence-electron chi connectivity index (χ3n) is 3.21. The molecule has 0 saturated heterocycles. The lowest BCUT2D eigenvalue weighted by Gasteiger charge is -2.10. The summed E-state index contributed by atoms with van der Waals surface area (Å²) in [5, 5.41) is 6.07. The maximum absolute atomic E-state index is 11.8. The Bertz CT molecular complexity index is 612. The summed E-state index contributed by atoms with van der Waals surface area (Å²) >= 11 is 0. The largest absolute Gasteiger partial charge is 0.496 e. The highest BCUT2D eigenvalue weighted by Crippen LogP contribution is 2.18. The van der Waals surface area contributed by atoms with Crippen LogP contribution in [0.1, 0.15) is 29.4 Å². The van der Waals surface area contributed by atoms with Crippen molar-refractivity contribution in [2.24, 2.45) is 0 Å². The number of nitrogens with zero attached hydrogens (tertiary/aromatic N) is 1. The first-order valence-electron chi connectivity index (χ1n) is 7.34. The van der Waals surface area contributed by atoms with E-state index >= 15 is 0 Å². The van der Waals surface area contributed by atoms with Crippen molar-refractivity contribution in [1.29, 1.82) is 0 Å². The van der Waals surface area contributed by atoms with Crippen LogP contribution in [-0.4, -0.2) is 24.5 Å². The molecule has 0 aliphatic carbocycles. The molecular formula is C17H21N3O2. The van der Waals surface area contributed by atoms with E-state index in [0.717, 1.165) is 23.4 Å². The minimum absolute atomic E-state index is 0.141. The molecule has 5 heteroatoms. The molecule has 1 amide bonds. The Balaban J connectivity index is 1.95. The third kappa shape index (κ3) is 4.22. The number of carbonyl (C=O) groups is 1. The van der Waals surface area contributed by atoms with Crippen molar-refractivity contribution >= 4 is 11.6 Å². The standard InChI is InChI=1S/C17H21N3O2/c1-3-10-18-17(21)15-9-8-14(12-20-15)19-11-13-6-4-5-7-16(13)22-2/h4-9,12,19H,3,10-11H2,1-2H3,(H,18,21). The lowest BCUT2D eigenvalue weighted by Crippen LogP contribution is -2.24. The van der Waals surface area contributed by atoms with Crippen molar-refractivity contribution in [3.8, 4) is 5.75 Å². The Morgan fingerprint density at radius 1 is 1.23 bits per heavy atom. The van der Waals surface area contributed by atoms with Crippen LogP contribution in [0, 0.1) is 0 Å². The number of ether oxygens (including phenoxy) is 1. The molecule has 0 atom stereocenters. The second kappa shape index (κ2) is 8.02. The predicted molar refractivity (Wildman–Crippen MR) is 87.2 cm³/mol. The predicted octanol–water partition coefficient (Wildman–Crippen LogP) is 2.84. The first kappa shape index (κ1) is 15.8. The van der Waals surface area contributed by atoms with E-state index in [9.17, 15) is 4.79 Å². The highest BCUT2D eigenvalue weighted by atomic mass is 16.5. The first-order chi connectivity index (χ1) is 10.7. The highest BCUT2D eigenvalue weighted by molar-refractivity contribution is 5.92. The van der Waals surface area contributed by atoms with Gasteiger partial charge in [-0.1, -0.05) is 25.1 Å². The van der Waals surface area contributed by atoms with Crippen LogP contribution in [0.25, 0.3) is 0 Å². The maximum Gasteiger partial charge on any atom is 0.269 e. The lowest BCUT2D eigenvalue weighted by molar-refractivity contribution is 0.0949. The second-order valence-electron chi connectivity index (χ2n) is 4.85. The Kier molecular flexibility index (Phi) is 5.77. The minimum atomic E-state index is -0.141. The van der Waals surface area contributed by atoms with Crippen molar-refractivity contribution in [2.75, 3.05) is 19.0 Å². The molecule has 2 N–H and O–H groups in total. The van der Waals surface area contributed by atoms with Crippen LogP contribution in [0.5, 0.6) is 5.75 Å². The number of para-hydroxylation sites is 1. The fraction of sp³-hybridized carbons (Fsp3) is 0.294. The van der Waals surface area contributed by atoms with Gasteiger partial charge in [-0.15, -0.1) is 0 Å². The van der Waals surface area contributed by atoms with Gasteiger partial charge in [0.15, 0.2) is 0 Å². The van der Waals surface area contributed by atoms with Gasteiger partial charge in [-0.05, 0) is 24.6 Å². The van der Waals surface area contributed by atoms with Crippen LogP contribution in [0.4, 0.5) is 5.69 Å². The van der Waals surface area contributed by atoms with Gasteiger partial charge in [0.05, 0.1) is 19.0 Å². The van der Waals surface area contributed by atoms with Crippen molar-refractivity contribution in [1.82, 2.24) is 10.3 Å². The summed E-state index contributed by atoms with van der Waals surface area (Å²) in [6, 6.07) is 11.4. The molecule has 0 spiro atoms. The molecule has 1 heterocycles. The molecule has 2 aromatic rings. The van der Waals surface area contributed by atoms with E-state index in [-0.39, 0.29) is 5.91 Å². The van der Waals surface area contributed by atoms with Gasteiger partial charge >= 0.3 is 0 Å². The number of rotatable bonds is 7. The maximum atomic E-state index is 11.8. The Hall–Kier alpha value is -2.56. The van der Waals surface area contributed by atoms with Gasteiger partial charge in [-0.3, -0.25) is 4.79 Å². The van der Waals surface area contributed by atoms with Crippen LogP contribution in [0.2, 0.25) is 0 Å². The van der Waals surface area contributed by atoms with Crippen LogP contribution in [0.3, 0.4) is 0 Å². The van der Waals surface area contributed by atoms with E-state index < -0.39 is 0 Å². The van der Waals surface area contributed by atoms with E-state index in [2.05, 4.69) is 15.6 Å². The zero-order chi connectivity index (χ0) is 15.8. The fourth-order valence-corrected chi connectivity index (χ4v) is 2.01. The summed E-state index contributed by atoms with van der Waals surface area (Å²) in [5.74, 6) is 0.705. The molecule has 2 rings (SSSR count). The fourth-order valence-electron chi connectivity index (χ4n) is 2.01. The van der Waals surface area contributed by atoms with E-state index in [1.807, 2.05) is 37.3 Å². The monoisotopic (exact) mass is 299 g/mol. The molecule has 116 valence electrons. The number of benzene rings is 1. The van der Waals surface area contributed by atoms with Crippen LogP contribution < -0.4 is 15.4 Å². The van der Waals surface area contributed by atoms with Crippen LogP contribution in [-0.2, 0) is 6.54 Å². The number of hydrogen-bond donors (Lipinski definition) is 2. The zero-order valence-corrected chi connectivity index (χ0v) is 12.9. The van der Waals surface area contributed by atoms with Crippen LogP contribution in [0.15, 0.2) is 42.6 Å². The van der Waals surface area contributed by atoms with E-state index in [1.54, 1.807) is 19.4 Å². The molecule has 5 nitrogen and oxygen atoms in total. The topological polar surface area (TPSA) is 63.2 Å². The summed E-state index contributed by atoms with van der Waals surface area (Å²) in [5.41, 5.74) is 2.35. The SMILES string of the molecule is CCCNC(=O)c1ccc(NCc2ccccc2OC)cn1. The lowest BCUT2D eigenvalue weighted by atomic mass is 10.2. The molecule has 0 aliphatic heterocycles. The van der Waals surface area contributed by atoms with Crippen molar-refractivity contribution in [3.05, 3.63) is 53.9 Å². The summed E-state index contributed by atoms with van der Waals surface area (Å²) in [6.07, 6.45) is 2.57. The van der Waals surface area contributed by atoms with Crippen LogP contribution >= 0.6 is 0 Å². The molecule has 1 aromatic heterocycles. The Morgan fingerprint density at radius 3 is 2.73 bits per heavy atom. The first-order valence-corrected chi connectivity index (χ1v) is 7.34. The van der Waals surface area contributed by atoms with Gasteiger partial charge in [0.25, 0.3) is 5.91 Å². The molecule has 0 bridgehead atoms. The highest BCUT2D eigenvalue weighted by Gasteiger charge is 2.06. The Labute approximate surface area is 130 Å². The molecule has 0 radical (unpaired) electrons. The van der Waals surface area contributed by atoms with Gasteiger partial charge in [0.1, 0.15) is 11.4 Å². The van der Waals surface area contributed by atoms with Crippen molar-refractivity contribution in [3.63, 3.8) is 0 Å². The smallest absolute Gasteiger partial charge is 0.269 e. The number of hydrogen-bond acceptors (Lipinski definition) is 4. The van der Waals surface area contributed by atoms with E-state index in [0.29, 0.717) is 18.8 Å². The molecule has 22 heavy (non-hydrogen) atoms. The van der Waals surface area contributed by atoms with E-state index in [4.69, 9.17) is 4.74 Å². The number of amides is 1. The number of pyridine rings is 1. The minimum Gasteiger partial charge on any atom is -0.496 e. The van der Waals surface area contributed by atoms with Gasteiger partial charge < -0.3 is 15.4 Å². The quantitative estimate of drug-likeness (QED) is 0.825. The molecule has 1 aromatic carbocycles. The molecule has 0 aliphatic rings. The number of carbonyl (C=O) groups excluding carboxylic acids is 1. The number of anilines is 1. The van der Waals surface area contributed by atoms with Gasteiger partial charge in [-0.25, -0.2) is 4.98 Å². The third-order valence-corrected chi connectivity index (χ3v) is 3.21. The second-order valence-corrected chi connectivity index (χ2v) is 4.85.